The van der Waals surface area contributed by atoms with Gasteiger partial charge in [-0.1, -0.05) is 12.8 Å². The van der Waals surface area contributed by atoms with Gasteiger partial charge in [-0.05, 0) is 51.0 Å². The molecule has 2 heterocycles. The van der Waals surface area contributed by atoms with Crippen LogP contribution in [-0.2, 0) is 9.84 Å². The number of hydrogen-bond donors (Lipinski definition) is 4. The molecule has 0 amide bonds. The van der Waals surface area contributed by atoms with Crippen molar-refractivity contribution in [3.05, 3.63) is 51.9 Å². The van der Waals surface area contributed by atoms with Gasteiger partial charge in [-0.2, -0.15) is 0 Å². The van der Waals surface area contributed by atoms with Gasteiger partial charge in [-0.15, -0.1) is 0 Å². The van der Waals surface area contributed by atoms with Crippen LogP contribution in [0, 0.1) is 5.92 Å². The molecular weight excluding hydrogens is 454 g/mol. The summed E-state index contributed by atoms with van der Waals surface area (Å²) in [7, 11) is -1.92. The van der Waals surface area contributed by atoms with Crippen LogP contribution in [0.25, 0.3) is 0 Å². The van der Waals surface area contributed by atoms with Crippen molar-refractivity contribution in [3.63, 3.8) is 0 Å². The largest absolute Gasteiger partial charge is 0.387 e. The summed E-state index contributed by atoms with van der Waals surface area (Å²) in [5, 5.41) is 14.1. The molecule has 2 aliphatic rings. The van der Waals surface area contributed by atoms with Crippen molar-refractivity contribution in [2.24, 2.45) is 21.6 Å². The average molecular weight is 486 g/mol. The van der Waals surface area contributed by atoms with Crippen molar-refractivity contribution in [2.45, 2.75) is 61.3 Å². The summed E-state index contributed by atoms with van der Waals surface area (Å²) in [5.74, 6) is 0.253. The Morgan fingerprint density at radius 1 is 1.26 bits per heavy atom. The maximum Gasteiger partial charge on any atom is 0.261 e. The van der Waals surface area contributed by atoms with Gasteiger partial charge in [0, 0.05) is 37.0 Å². The number of aliphatic imine (C=N–C) groups is 2. The molecule has 34 heavy (non-hydrogen) atoms. The molecule has 1 saturated carbocycles. The SMILES string of the molecule is CN=C[C@H]1CCCC[C@@H]1Nc1cc[nH]c(=O)c1C(N)=Nc1ccc2c(c1)C(O)C(C)(C)S2(=O)=O. The number of benzene rings is 1. The zero-order valence-electron chi connectivity index (χ0n) is 19.6. The minimum atomic E-state index is -3.68. The maximum atomic E-state index is 12.7. The van der Waals surface area contributed by atoms with Gasteiger partial charge in [-0.3, -0.25) is 4.79 Å². The summed E-state index contributed by atoms with van der Waals surface area (Å²) >= 11 is 0. The number of anilines is 1. The zero-order chi connectivity index (χ0) is 24.7. The number of aromatic amines is 1. The molecule has 1 fully saturated rings. The Balaban J connectivity index is 1.70. The van der Waals surface area contributed by atoms with Crippen LogP contribution in [0.15, 0.2) is 50.1 Å². The van der Waals surface area contributed by atoms with Crippen molar-refractivity contribution in [1.29, 1.82) is 0 Å². The number of aromatic nitrogens is 1. The Labute approximate surface area is 199 Å². The van der Waals surface area contributed by atoms with Gasteiger partial charge in [0.2, 0.25) is 0 Å². The fraction of sp³-hybridized carbons (Fsp3) is 0.458. The van der Waals surface area contributed by atoms with Crippen molar-refractivity contribution in [1.82, 2.24) is 4.98 Å². The maximum absolute atomic E-state index is 12.7. The van der Waals surface area contributed by atoms with Gasteiger partial charge in [0.15, 0.2) is 9.84 Å². The molecule has 4 rings (SSSR count). The quantitative estimate of drug-likeness (QED) is 0.378. The molecule has 1 aliphatic heterocycles. The van der Waals surface area contributed by atoms with Crippen molar-refractivity contribution in [3.8, 4) is 0 Å². The highest BCUT2D eigenvalue weighted by Crippen LogP contribution is 2.47. The van der Waals surface area contributed by atoms with Gasteiger partial charge in [0.25, 0.3) is 5.56 Å². The molecule has 0 bridgehead atoms. The Hall–Kier alpha value is -2.98. The predicted octanol–water partition coefficient (Wildman–Crippen LogP) is 2.68. The van der Waals surface area contributed by atoms with Crippen molar-refractivity contribution in [2.75, 3.05) is 12.4 Å². The van der Waals surface area contributed by atoms with Gasteiger partial charge in [0.1, 0.15) is 16.1 Å². The van der Waals surface area contributed by atoms with Crippen LogP contribution in [0.5, 0.6) is 0 Å². The second kappa shape index (κ2) is 8.99. The highest BCUT2D eigenvalue weighted by molar-refractivity contribution is 7.93. The first kappa shape index (κ1) is 24.2. The van der Waals surface area contributed by atoms with E-state index in [2.05, 4.69) is 20.3 Å². The first-order chi connectivity index (χ1) is 16.1. The monoisotopic (exact) mass is 485 g/mol. The average Bonchev–Trinajstić information content (AvgIpc) is 2.92. The zero-order valence-corrected chi connectivity index (χ0v) is 20.4. The highest BCUT2D eigenvalue weighted by Gasteiger charge is 2.51. The van der Waals surface area contributed by atoms with Gasteiger partial charge >= 0.3 is 0 Å². The summed E-state index contributed by atoms with van der Waals surface area (Å²) in [5.41, 5.74) is 7.35. The predicted molar refractivity (Wildman–Crippen MR) is 134 cm³/mol. The first-order valence-electron chi connectivity index (χ1n) is 11.4. The van der Waals surface area contributed by atoms with Crippen molar-refractivity contribution >= 4 is 33.3 Å². The van der Waals surface area contributed by atoms with E-state index < -0.39 is 20.7 Å². The number of pyridine rings is 1. The lowest BCUT2D eigenvalue weighted by Crippen LogP contribution is -2.35. The van der Waals surface area contributed by atoms with Crippen LogP contribution in [-0.4, -0.2) is 48.4 Å². The summed E-state index contributed by atoms with van der Waals surface area (Å²) in [6, 6.07) is 6.35. The van der Waals surface area contributed by atoms with E-state index >= 15 is 0 Å². The number of H-pyrrole nitrogens is 1. The summed E-state index contributed by atoms with van der Waals surface area (Å²) < 4.78 is 24.1. The van der Waals surface area contributed by atoms with Crippen LogP contribution in [0.2, 0.25) is 0 Å². The van der Waals surface area contributed by atoms with E-state index in [1.807, 2.05) is 6.21 Å². The number of nitrogens with one attached hydrogen (secondary N) is 2. The third-order valence-electron chi connectivity index (χ3n) is 6.90. The molecule has 182 valence electrons. The summed E-state index contributed by atoms with van der Waals surface area (Å²) in [6.07, 6.45) is 6.52. The molecule has 0 spiro atoms. The Morgan fingerprint density at radius 3 is 2.74 bits per heavy atom. The number of hydrogen-bond acceptors (Lipinski definition) is 7. The Morgan fingerprint density at radius 2 is 2.00 bits per heavy atom. The van der Waals surface area contributed by atoms with E-state index in [-0.39, 0.29) is 39.4 Å². The van der Waals surface area contributed by atoms with Crippen LogP contribution in [0.4, 0.5) is 11.4 Å². The number of amidine groups is 1. The molecule has 1 unspecified atom stereocenters. The fourth-order valence-corrected chi connectivity index (χ4v) is 6.54. The lowest BCUT2D eigenvalue weighted by atomic mass is 9.85. The molecule has 0 saturated heterocycles. The van der Waals surface area contributed by atoms with Crippen molar-refractivity contribution < 1.29 is 13.5 Å². The molecule has 0 radical (unpaired) electrons. The second-order valence-electron chi connectivity index (χ2n) is 9.43. The number of nitrogens with zero attached hydrogens (tertiary/aromatic N) is 2. The van der Waals surface area contributed by atoms with E-state index in [9.17, 15) is 18.3 Å². The third-order valence-corrected chi connectivity index (χ3v) is 9.46. The Kier molecular flexibility index (Phi) is 6.39. The second-order valence-corrected chi connectivity index (χ2v) is 11.9. The van der Waals surface area contributed by atoms with Crippen LogP contribution in [0.1, 0.15) is 56.8 Å². The van der Waals surface area contributed by atoms with E-state index in [0.29, 0.717) is 11.4 Å². The van der Waals surface area contributed by atoms with E-state index in [1.165, 1.54) is 32.0 Å². The van der Waals surface area contributed by atoms with E-state index in [0.717, 1.165) is 25.7 Å². The number of aliphatic hydroxyl groups excluding tert-OH is 1. The van der Waals surface area contributed by atoms with E-state index in [1.54, 1.807) is 19.3 Å². The van der Waals surface area contributed by atoms with Gasteiger partial charge in [-0.25, -0.2) is 13.4 Å². The van der Waals surface area contributed by atoms with Gasteiger partial charge in [0.05, 0.1) is 22.4 Å². The number of fused-ring (bicyclic) bond motifs is 1. The molecule has 3 atom stereocenters. The van der Waals surface area contributed by atoms with Crippen LogP contribution >= 0.6 is 0 Å². The third kappa shape index (κ3) is 4.05. The molecule has 9 nitrogen and oxygen atoms in total. The molecule has 1 aromatic carbocycles. The minimum absolute atomic E-state index is 0.00424. The summed E-state index contributed by atoms with van der Waals surface area (Å²) in [4.78, 5) is 24.1. The number of aliphatic hydroxyl groups is 1. The number of rotatable bonds is 5. The number of nitrogens with two attached hydrogens (primary N) is 1. The topological polar surface area (TPSA) is 150 Å². The molecule has 1 aromatic heterocycles. The first-order valence-corrected chi connectivity index (χ1v) is 12.9. The normalized spacial score (nSPS) is 25.9. The molecule has 1 aliphatic carbocycles. The molecular formula is C24H31N5O4S. The lowest BCUT2D eigenvalue weighted by Gasteiger charge is -2.31. The summed E-state index contributed by atoms with van der Waals surface area (Å²) in [6.45, 7) is 2.99. The highest BCUT2D eigenvalue weighted by atomic mass is 32.2. The minimum Gasteiger partial charge on any atom is -0.387 e. The number of sulfone groups is 1. The molecule has 2 aromatic rings. The lowest BCUT2D eigenvalue weighted by molar-refractivity contribution is 0.144. The van der Waals surface area contributed by atoms with E-state index in [4.69, 9.17) is 5.73 Å². The van der Waals surface area contributed by atoms with Crippen LogP contribution < -0.4 is 16.6 Å². The molecule has 10 heteroatoms. The molecule has 5 N–H and O–H groups in total. The fourth-order valence-electron chi connectivity index (χ4n) is 4.83. The standard InChI is InChI=1S/C24H31N5O4S/c1-24(2)21(30)16-12-15(8-9-19(16)34(24,32)33)28-22(25)20-18(10-11-27-23(20)31)29-17-7-5-4-6-14(17)13-26-3/h8-14,17,21,30H,4-7H2,1-3H3,(H2,25,28)(H2,27,29,31)/t14-,17+,21?/m1/s1. The Bertz CT molecular complexity index is 1310. The van der Waals surface area contributed by atoms with Crippen LogP contribution in [0.3, 0.4) is 0 Å². The van der Waals surface area contributed by atoms with Gasteiger partial charge < -0.3 is 26.1 Å². The smallest absolute Gasteiger partial charge is 0.261 e.